The second-order valence-electron chi connectivity index (χ2n) is 6.77. The molecule has 1 aliphatic heterocycles. The Morgan fingerprint density at radius 2 is 2.14 bits per heavy atom. The van der Waals surface area contributed by atoms with Crippen LogP contribution in [-0.4, -0.2) is 43.2 Å². The Morgan fingerprint density at radius 3 is 2.82 bits per heavy atom. The third-order valence-electron chi connectivity index (χ3n) is 4.66. The summed E-state index contributed by atoms with van der Waals surface area (Å²) in [6.07, 6.45) is 6.46. The predicted octanol–water partition coefficient (Wildman–Crippen LogP) is 3.53. The van der Waals surface area contributed by atoms with Crippen molar-refractivity contribution in [3.63, 3.8) is 0 Å². The second kappa shape index (κ2) is 11.7. The Bertz CT molecular complexity index is 739. The van der Waals surface area contributed by atoms with Crippen molar-refractivity contribution < 1.29 is 4.42 Å². The molecule has 0 amide bonds. The van der Waals surface area contributed by atoms with Gasteiger partial charge < -0.3 is 20.0 Å². The zero-order chi connectivity index (χ0) is 18.9. The van der Waals surface area contributed by atoms with Gasteiger partial charge in [-0.1, -0.05) is 12.1 Å². The fourth-order valence-corrected chi connectivity index (χ4v) is 3.21. The number of hydrogen-bond donors (Lipinski definition) is 2. The molecule has 0 radical (unpaired) electrons. The molecule has 0 aromatic carbocycles. The van der Waals surface area contributed by atoms with Crippen LogP contribution in [0.2, 0.25) is 0 Å². The number of pyridine rings is 1. The molecule has 0 atom stereocenters. The summed E-state index contributed by atoms with van der Waals surface area (Å²) < 4.78 is 5.37. The first kappa shape index (κ1) is 22.3. The maximum atomic E-state index is 5.37. The standard InChI is InChI=1S/C21H29N5O.HI/c1-3-12-22-21(23-13-9-19-7-5-16-27-19)25-18-10-14-26(15-11-18)20-8-4-6-17(2)24-20;/h3-8,16,18H,1,9-15H2,2H3,(H2,22,23,25);1H. The number of nitrogens with zero attached hydrogens (tertiary/aromatic N) is 3. The van der Waals surface area contributed by atoms with Gasteiger partial charge in [-0.25, -0.2) is 4.98 Å². The van der Waals surface area contributed by atoms with Gasteiger partial charge in [0.1, 0.15) is 11.6 Å². The van der Waals surface area contributed by atoms with Gasteiger partial charge in [-0.2, -0.15) is 0 Å². The van der Waals surface area contributed by atoms with Crippen LogP contribution in [0.25, 0.3) is 0 Å². The average molecular weight is 495 g/mol. The first-order valence-corrected chi connectivity index (χ1v) is 9.61. The van der Waals surface area contributed by atoms with Crippen LogP contribution in [0.15, 0.2) is 58.7 Å². The van der Waals surface area contributed by atoms with Crippen LogP contribution >= 0.6 is 24.0 Å². The number of furan rings is 1. The van der Waals surface area contributed by atoms with E-state index in [0.29, 0.717) is 19.1 Å². The summed E-state index contributed by atoms with van der Waals surface area (Å²) in [5.41, 5.74) is 1.06. The number of anilines is 1. The topological polar surface area (TPSA) is 65.7 Å². The molecule has 7 heteroatoms. The highest BCUT2D eigenvalue weighted by Crippen LogP contribution is 2.18. The van der Waals surface area contributed by atoms with Crippen molar-refractivity contribution in [3.8, 4) is 0 Å². The number of nitrogens with one attached hydrogen (secondary N) is 2. The number of aromatic nitrogens is 1. The maximum Gasteiger partial charge on any atom is 0.191 e. The van der Waals surface area contributed by atoms with Crippen molar-refractivity contribution in [2.45, 2.75) is 32.2 Å². The summed E-state index contributed by atoms with van der Waals surface area (Å²) in [6, 6.07) is 10.5. The molecule has 0 saturated carbocycles. The molecule has 1 aliphatic rings. The van der Waals surface area contributed by atoms with Crippen LogP contribution < -0.4 is 15.5 Å². The Hall–Kier alpha value is -2.03. The van der Waals surface area contributed by atoms with E-state index in [1.807, 2.05) is 31.2 Å². The lowest BCUT2D eigenvalue weighted by atomic mass is 10.1. The smallest absolute Gasteiger partial charge is 0.191 e. The molecule has 152 valence electrons. The molecule has 2 N–H and O–H groups in total. The number of hydrogen-bond acceptors (Lipinski definition) is 4. The first-order chi connectivity index (χ1) is 13.2. The molecule has 0 spiro atoms. The highest BCUT2D eigenvalue weighted by Gasteiger charge is 2.20. The molecule has 28 heavy (non-hydrogen) atoms. The fourth-order valence-electron chi connectivity index (χ4n) is 3.21. The molecular weight excluding hydrogens is 465 g/mol. The quantitative estimate of drug-likeness (QED) is 0.266. The van der Waals surface area contributed by atoms with E-state index in [2.05, 4.69) is 44.2 Å². The van der Waals surface area contributed by atoms with E-state index in [4.69, 9.17) is 4.42 Å². The summed E-state index contributed by atoms with van der Waals surface area (Å²) in [5.74, 6) is 2.87. The van der Waals surface area contributed by atoms with Crippen LogP contribution in [0.5, 0.6) is 0 Å². The molecule has 1 fully saturated rings. The Balaban J connectivity index is 0.00000280. The minimum Gasteiger partial charge on any atom is -0.469 e. The van der Waals surface area contributed by atoms with Crippen LogP contribution in [0.3, 0.4) is 0 Å². The largest absolute Gasteiger partial charge is 0.469 e. The molecular formula is C21H30IN5O. The van der Waals surface area contributed by atoms with Crippen molar-refractivity contribution in [1.29, 1.82) is 0 Å². The number of rotatable bonds is 7. The lowest BCUT2D eigenvalue weighted by Gasteiger charge is -2.34. The molecule has 2 aromatic rings. The van der Waals surface area contributed by atoms with Gasteiger partial charge in [-0.3, -0.25) is 4.99 Å². The van der Waals surface area contributed by atoms with Crippen LogP contribution in [0.4, 0.5) is 5.82 Å². The average Bonchev–Trinajstić information content (AvgIpc) is 3.20. The van der Waals surface area contributed by atoms with Crippen molar-refractivity contribution >= 4 is 35.8 Å². The van der Waals surface area contributed by atoms with E-state index in [9.17, 15) is 0 Å². The van der Waals surface area contributed by atoms with Crippen LogP contribution in [0, 0.1) is 6.92 Å². The van der Waals surface area contributed by atoms with Crippen molar-refractivity contribution in [1.82, 2.24) is 15.6 Å². The molecule has 0 unspecified atom stereocenters. The van der Waals surface area contributed by atoms with Crippen molar-refractivity contribution in [3.05, 3.63) is 60.7 Å². The van der Waals surface area contributed by atoms with E-state index in [1.165, 1.54) is 0 Å². The fraction of sp³-hybridized carbons (Fsp3) is 0.429. The predicted molar refractivity (Wildman–Crippen MR) is 126 cm³/mol. The van der Waals surface area contributed by atoms with Crippen molar-refractivity contribution in [2.75, 3.05) is 31.1 Å². The summed E-state index contributed by atoms with van der Waals surface area (Å²) in [5, 5.41) is 6.88. The zero-order valence-corrected chi connectivity index (χ0v) is 18.8. The van der Waals surface area contributed by atoms with Gasteiger partial charge in [0.25, 0.3) is 0 Å². The monoisotopic (exact) mass is 495 g/mol. The Morgan fingerprint density at radius 1 is 1.32 bits per heavy atom. The second-order valence-corrected chi connectivity index (χ2v) is 6.77. The van der Waals surface area contributed by atoms with Gasteiger partial charge in [-0.15, -0.1) is 30.6 Å². The minimum absolute atomic E-state index is 0. The first-order valence-electron chi connectivity index (χ1n) is 9.61. The van der Waals surface area contributed by atoms with E-state index >= 15 is 0 Å². The SMILES string of the molecule is C=CCNC(=NCCc1ccco1)NC1CCN(c2cccc(C)n2)CC1.I. The summed E-state index contributed by atoms with van der Waals surface area (Å²) in [4.78, 5) is 11.7. The van der Waals surface area contributed by atoms with Gasteiger partial charge >= 0.3 is 0 Å². The summed E-state index contributed by atoms with van der Waals surface area (Å²) in [6.45, 7) is 9.18. The lowest BCUT2D eigenvalue weighted by Crippen LogP contribution is -2.49. The van der Waals surface area contributed by atoms with Crippen LogP contribution in [-0.2, 0) is 6.42 Å². The molecule has 0 bridgehead atoms. The highest BCUT2D eigenvalue weighted by molar-refractivity contribution is 14.0. The zero-order valence-electron chi connectivity index (χ0n) is 16.4. The van der Waals surface area contributed by atoms with Gasteiger partial charge in [-0.05, 0) is 44.0 Å². The number of guanidine groups is 1. The number of halogens is 1. The number of aryl methyl sites for hydroxylation is 1. The molecule has 6 nitrogen and oxygen atoms in total. The lowest BCUT2D eigenvalue weighted by molar-refractivity contribution is 0.459. The van der Waals surface area contributed by atoms with Crippen LogP contribution in [0.1, 0.15) is 24.3 Å². The summed E-state index contributed by atoms with van der Waals surface area (Å²) >= 11 is 0. The molecule has 3 rings (SSSR count). The van der Waals surface area contributed by atoms with Crippen molar-refractivity contribution in [2.24, 2.45) is 4.99 Å². The molecule has 3 heterocycles. The van der Waals surface area contributed by atoms with Gasteiger partial charge in [0.05, 0.1) is 6.26 Å². The van der Waals surface area contributed by atoms with Gasteiger partial charge in [0.2, 0.25) is 0 Å². The molecule has 0 aliphatic carbocycles. The van der Waals surface area contributed by atoms with Gasteiger partial charge in [0, 0.05) is 44.3 Å². The van der Waals surface area contributed by atoms with Gasteiger partial charge in [0.15, 0.2) is 5.96 Å². The van der Waals surface area contributed by atoms with E-state index in [-0.39, 0.29) is 24.0 Å². The normalized spacial score (nSPS) is 15.0. The maximum absolute atomic E-state index is 5.37. The molecule has 2 aromatic heterocycles. The third kappa shape index (κ3) is 6.85. The highest BCUT2D eigenvalue weighted by atomic mass is 127. The summed E-state index contributed by atoms with van der Waals surface area (Å²) in [7, 11) is 0. The molecule has 1 saturated heterocycles. The number of aliphatic imine (C=N–C) groups is 1. The van der Waals surface area contributed by atoms with E-state index in [1.54, 1.807) is 6.26 Å². The Kier molecular flexibility index (Phi) is 9.33. The third-order valence-corrected chi connectivity index (χ3v) is 4.66. The Labute approximate surface area is 184 Å². The minimum atomic E-state index is 0. The van der Waals surface area contributed by atoms with E-state index < -0.39 is 0 Å². The number of piperidine rings is 1. The van der Waals surface area contributed by atoms with E-state index in [0.717, 1.165) is 55.6 Å².